The molecule has 0 saturated carbocycles. The van der Waals surface area contributed by atoms with Gasteiger partial charge in [-0.1, -0.05) is 91.8 Å². The first-order chi connectivity index (χ1) is 41.6. The molecule has 16 bridgehead atoms. The minimum absolute atomic E-state index is 0.889. The SMILES string of the molecule is CCc1c2[nH]c(c1C)C=c1[nH]c(c(C)c1CC)=C(c1cccc3cc4cccc(C5=c6[nH]c(c(CC)c6C)=Cc6[nH]c(c(CC)c6C)C=c6[nH]c(c(C)c6CC)=Cc6[nH]c5c(C)c6CC)c4cc13)c1[nH]c(c(CC)c1C)C=c1[nH]c(c(CC)c1C)=C2. The minimum atomic E-state index is 0.889. The predicted octanol–water partition coefficient (Wildman–Crippen LogP) is 11.7. The number of rotatable bonds is 10. The number of nitrogens with one attached hydrogen (secondary N) is 8. The third-order valence-electron chi connectivity index (χ3n) is 20.4. The van der Waals surface area contributed by atoms with Gasteiger partial charge in [0.2, 0.25) is 0 Å². The number of hydrogen-bond donors (Lipinski definition) is 8. The fourth-order valence-electron chi connectivity index (χ4n) is 15.7. The van der Waals surface area contributed by atoms with Crippen molar-refractivity contribution in [3.05, 3.63) is 237 Å². The van der Waals surface area contributed by atoms with E-state index in [4.69, 9.17) is 0 Å². The average molecular weight is 1140 g/mol. The van der Waals surface area contributed by atoms with Crippen molar-refractivity contribution in [1.82, 2.24) is 39.9 Å². The topological polar surface area (TPSA) is 126 Å². The molecule has 0 spiro atoms. The van der Waals surface area contributed by atoms with E-state index in [1.165, 1.54) is 155 Å². The molecule has 11 aromatic rings. The van der Waals surface area contributed by atoms with Crippen molar-refractivity contribution in [2.45, 2.75) is 162 Å². The van der Waals surface area contributed by atoms with Crippen LogP contribution in [0.4, 0.5) is 0 Å². The van der Waals surface area contributed by atoms with Crippen LogP contribution in [0.1, 0.15) is 201 Å². The van der Waals surface area contributed by atoms with E-state index in [-0.39, 0.29) is 0 Å². The number of aromatic nitrogens is 8. The molecule has 13 rings (SSSR count). The molecule has 3 aromatic carbocycles. The van der Waals surface area contributed by atoms with Crippen LogP contribution < -0.4 is 42.8 Å². The summed E-state index contributed by atoms with van der Waals surface area (Å²) < 4.78 is 0. The van der Waals surface area contributed by atoms with Crippen LogP contribution in [0.15, 0.2) is 48.5 Å². The number of hydrogen-bond acceptors (Lipinski definition) is 0. The summed E-state index contributed by atoms with van der Waals surface area (Å²) in [5.41, 5.74) is 35.0. The maximum atomic E-state index is 4.17. The maximum Gasteiger partial charge on any atom is 0.0518 e. The monoisotopic (exact) mass is 1130 g/mol. The van der Waals surface area contributed by atoms with Gasteiger partial charge in [0.25, 0.3) is 0 Å². The van der Waals surface area contributed by atoms with E-state index in [0.29, 0.717) is 0 Å². The van der Waals surface area contributed by atoms with Crippen LogP contribution in [-0.2, 0) is 51.4 Å². The second-order valence-electron chi connectivity index (χ2n) is 24.6. The third-order valence-corrected chi connectivity index (χ3v) is 20.4. The van der Waals surface area contributed by atoms with Crippen molar-refractivity contribution in [3.63, 3.8) is 0 Å². The highest BCUT2D eigenvalue weighted by Crippen LogP contribution is 2.39. The summed E-state index contributed by atoms with van der Waals surface area (Å²) in [6, 6.07) is 18.9. The Hall–Kier alpha value is -8.62. The van der Waals surface area contributed by atoms with Gasteiger partial charge in [0.05, 0.1) is 22.1 Å². The Bertz CT molecular complexity index is 4860. The first kappa shape index (κ1) is 56.5. The molecule has 8 heteroatoms. The molecule has 8 N–H and O–H groups in total. The molecule has 0 aliphatic carbocycles. The van der Waals surface area contributed by atoms with Gasteiger partial charge in [-0.05, 0) is 277 Å². The summed E-state index contributed by atoms with van der Waals surface area (Å²) in [5.74, 6) is 0. The highest BCUT2D eigenvalue weighted by Gasteiger charge is 2.26. The van der Waals surface area contributed by atoms with E-state index in [2.05, 4.69) is 236 Å². The van der Waals surface area contributed by atoms with Gasteiger partial charge in [-0.3, -0.25) is 0 Å². The van der Waals surface area contributed by atoms with Crippen LogP contribution in [0.25, 0.3) is 69.1 Å². The normalized spacial score (nSPS) is 13.1. The zero-order chi connectivity index (χ0) is 60.3. The Labute approximate surface area is 505 Å². The Morgan fingerprint density at radius 2 is 0.581 bits per heavy atom. The largest absolute Gasteiger partial charge is 0.355 e. The molecular formula is C78H86N8. The summed E-state index contributed by atoms with van der Waals surface area (Å²) in [6.45, 7) is 36.8. The molecule has 2 aliphatic rings. The summed E-state index contributed by atoms with van der Waals surface area (Å²) >= 11 is 0. The van der Waals surface area contributed by atoms with Crippen LogP contribution in [-0.4, -0.2) is 39.9 Å². The Kier molecular flexibility index (Phi) is 14.3. The molecule has 0 radical (unpaired) electrons. The van der Waals surface area contributed by atoms with Crippen molar-refractivity contribution in [2.75, 3.05) is 0 Å². The number of H-pyrrole nitrogens is 8. The molecule has 0 amide bonds. The van der Waals surface area contributed by atoms with Gasteiger partial charge >= 0.3 is 0 Å². The molecule has 0 saturated heterocycles. The van der Waals surface area contributed by atoms with Crippen LogP contribution in [0.3, 0.4) is 0 Å². The first-order valence-corrected chi connectivity index (χ1v) is 32.1. The molecule has 8 nitrogen and oxygen atoms in total. The summed E-state index contributed by atoms with van der Waals surface area (Å²) in [4.78, 5) is 32.5. The van der Waals surface area contributed by atoms with Crippen molar-refractivity contribution in [3.8, 4) is 0 Å². The fourth-order valence-corrected chi connectivity index (χ4v) is 15.7. The van der Waals surface area contributed by atoms with E-state index in [1.807, 2.05) is 0 Å². The van der Waals surface area contributed by atoms with Crippen molar-refractivity contribution in [1.29, 1.82) is 0 Å². The van der Waals surface area contributed by atoms with Crippen LogP contribution in [0.2, 0.25) is 0 Å². The molecule has 10 heterocycles. The highest BCUT2D eigenvalue weighted by molar-refractivity contribution is 6.08. The van der Waals surface area contributed by atoms with E-state index in [0.717, 1.165) is 118 Å². The van der Waals surface area contributed by atoms with Crippen LogP contribution in [0, 0.1) is 55.4 Å². The second kappa shape index (κ2) is 21.7. The van der Waals surface area contributed by atoms with Gasteiger partial charge in [-0.15, -0.1) is 0 Å². The van der Waals surface area contributed by atoms with Gasteiger partial charge < -0.3 is 39.9 Å². The zero-order valence-corrected chi connectivity index (χ0v) is 53.7. The van der Waals surface area contributed by atoms with Gasteiger partial charge in [-0.2, -0.15) is 0 Å². The van der Waals surface area contributed by atoms with E-state index in [1.54, 1.807) is 0 Å². The number of aromatic amines is 8. The van der Waals surface area contributed by atoms with Crippen molar-refractivity contribution < 1.29 is 0 Å². The fraction of sp³-hybridized carbons (Fsp3) is 0.308. The lowest BCUT2D eigenvalue weighted by Crippen LogP contribution is -2.18. The third kappa shape index (κ3) is 8.67. The lowest BCUT2D eigenvalue weighted by Gasteiger charge is -2.16. The smallest absolute Gasteiger partial charge is 0.0518 e. The molecular weight excluding hydrogens is 1050 g/mol. The standard InChI is InChI=1S/C78H86N8/c1-17-49-39(9)61-33-69-53(21-5)43(13)75(83-69)73(76-44(14)54(22-6)70(84-76)34-62-40(10)50(18-2)66(80-62)37-65(49)79-61)57-29-25-27-47-31-48-28-26-30-58(60(48)32-59(47)57)74-77-45(15)55(23-7)71(85-77)35-63-41(11)51(19-3)67(81-63)38-68-52(20-4)42(12)64(82-68)36-72-56(24-8)46(16)78(74)86-72/h25-38,79-86H,17-24H2,1-16H3. The van der Waals surface area contributed by atoms with Crippen LogP contribution in [0.5, 0.6) is 0 Å². The van der Waals surface area contributed by atoms with Crippen LogP contribution >= 0.6 is 0 Å². The average Bonchev–Trinajstić information content (AvgIpc) is 1.51. The Balaban J connectivity index is 1.16. The molecule has 86 heavy (non-hydrogen) atoms. The first-order valence-electron chi connectivity index (χ1n) is 32.1. The van der Waals surface area contributed by atoms with Crippen molar-refractivity contribution in [2.24, 2.45) is 0 Å². The summed E-state index contributed by atoms with van der Waals surface area (Å²) in [5, 5.41) is 14.0. The van der Waals surface area contributed by atoms with E-state index in [9.17, 15) is 0 Å². The van der Waals surface area contributed by atoms with Gasteiger partial charge in [-0.25, -0.2) is 0 Å². The quantitative estimate of drug-likeness (QED) is 0.0622. The Morgan fingerprint density at radius 3 is 0.953 bits per heavy atom. The lowest BCUT2D eigenvalue weighted by molar-refractivity contribution is 1.09. The molecule has 2 aliphatic heterocycles. The minimum Gasteiger partial charge on any atom is -0.355 e. The zero-order valence-electron chi connectivity index (χ0n) is 53.7. The Morgan fingerprint density at radius 1 is 0.267 bits per heavy atom. The maximum absolute atomic E-state index is 4.17. The lowest BCUT2D eigenvalue weighted by atomic mass is 9.88. The molecule has 8 aromatic heterocycles. The van der Waals surface area contributed by atoms with Gasteiger partial charge in [0.1, 0.15) is 0 Å². The highest BCUT2D eigenvalue weighted by atomic mass is 14.8. The van der Waals surface area contributed by atoms with Gasteiger partial charge in [0.15, 0.2) is 0 Å². The molecule has 0 atom stereocenters. The van der Waals surface area contributed by atoms with Crippen molar-refractivity contribution >= 4 is 69.1 Å². The molecule has 438 valence electrons. The molecule has 0 unspecified atom stereocenters. The number of benzene rings is 3. The predicted molar refractivity (Wildman–Crippen MR) is 362 cm³/mol. The van der Waals surface area contributed by atoms with E-state index < -0.39 is 0 Å². The second-order valence-corrected chi connectivity index (χ2v) is 24.6. The number of fused-ring (bicyclic) bond motifs is 18. The van der Waals surface area contributed by atoms with E-state index >= 15 is 0 Å². The molecule has 0 fully saturated rings. The summed E-state index contributed by atoms with van der Waals surface area (Å²) in [6.07, 6.45) is 21.5. The summed E-state index contributed by atoms with van der Waals surface area (Å²) in [7, 11) is 0. The van der Waals surface area contributed by atoms with Gasteiger partial charge in [0, 0.05) is 77.4 Å².